The molecule has 28 heavy (non-hydrogen) atoms. The molecule has 0 amide bonds. The third-order valence-corrected chi connectivity index (χ3v) is 7.08. The fraction of sp³-hybridized carbons (Fsp3) is 0.652. The van der Waals surface area contributed by atoms with Crippen LogP contribution in [0.25, 0.3) is 0 Å². The predicted molar refractivity (Wildman–Crippen MR) is 112 cm³/mol. The van der Waals surface area contributed by atoms with Gasteiger partial charge in [0.2, 0.25) is 0 Å². The molecule has 157 valence electrons. The van der Waals surface area contributed by atoms with Gasteiger partial charge in [-0.2, -0.15) is 0 Å². The van der Waals surface area contributed by atoms with E-state index in [-0.39, 0.29) is 40.4 Å². The molecule has 2 rings (SSSR count). The Bertz CT molecular complexity index is 650. The molecule has 0 fully saturated rings. The molecule has 2 aliphatic carbocycles. The van der Waals surface area contributed by atoms with E-state index in [4.69, 9.17) is 4.18 Å². The van der Waals surface area contributed by atoms with Crippen LogP contribution in [0.1, 0.15) is 74.1 Å². The van der Waals surface area contributed by atoms with Crippen molar-refractivity contribution in [2.24, 2.45) is 10.8 Å². The second kappa shape index (κ2) is 11.3. The third kappa shape index (κ3) is 6.53. The molecule has 0 aliphatic heterocycles. The fourth-order valence-electron chi connectivity index (χ4n) is 3.65. The van der Waals surface area contributed by atoms with E-state index >= 15 is 0 Å². The molecule has 1 atom stereocenters. The summed E-state index contributed by atoms with van der Waals surface area (Å²) in [5.41, 5.74) is 4.68. The molecule has 0 saturated carbocycles. The molecule has 0 spiro atoms. The maximum Gasteiger partial charge on any atom is -1.00 e. The summed E-state index contributed by atoms with van der Waals surface area (Å²) in [4.78, 5) is 0. The molecule has 1 nitrogen and oxygen atoms in total. The normalized spacial score (nSPS) is 22.5. The Morgan fingerprint density at radius 3 is 2.21 bits per heavy atom. The van der Waals surface area contributed by atoms with Gasteiger partial charge in [-0.3, -0.25) is 0 Å². The number of hydrogen-bond donors (Lipinski definition) is 0. The summed E-state index contributed by atoms with van der Waals surface area (Å²) in [5, 5.41) is 0. The average Bonchev–Trinajstić information content (AvgIpc) is 2.96. The van der Waals surface area contributed by atoms with Gasteiger partial charge in [0.15, 0.2) is 0 Å². The second-order valence-electron chi connectivity index (χ2n) is 9.51. The minimum Gasteiger partial charge on any atom is -1.00 e. The van der Waals surface area contributed by atoms with Gasteiger partial charge in [-0.25, -0.2) is 0 Å². The predicted octanol–water partition coefficient (Wildman–Crippen LogP) is 1.31. The summed E-state index contributed by atoms with van der Waals surface area (Å²) >= 11 is 4.00. The van der Waals surface area contributed by atoms with Crippen molar-refractivity contribution in [1.29, 1.82) is 0 Å². The Hall–Kier alpha value is 0.564. The van der Waals surface area contributed by atoms with E-state index in [9.17, 15) is 0 Å². The number of rotatable bonds is 6. The maximum atomic E-state index is 6.20. The smallest absolute Gasteiger partial charge is 1.00 e. The molecule has 0 aromatic heterocycles. The third-order valence-electron chi connectivity index (χ3n) is 5.17. The quantitative estimate of drug-likeness (QED) is 0.324. The van der Waals surface area contributed by atoms with Crippen molar-refractivity contribution >= 4 is 12.0 Å². The minimum absolute atomic E-state index is 0. The second-order valence-corrected chi connectivity index (χ2v) is 11.5. The van der Waals surface area contributed by atoms with Gasteiger partial charge >= 0.3 is 178 Å². The molecule has 0 radical (unpaired) electrons. The Morgan fingerprint density at radius 1 is 1.11 bits per heavy atom. The Balaban J connectivity index is 0.00000364. The van der Waals surface area contributed by atoms with E-state index in [0.29, 0.717) is 0 Å². The Kier molecular flexibility index (Phi) is 11.5. The Labute approximate surface area is 201 Å². The van der Waals surface area contributed by atoms with Crippen molar-refractivity contribution in [3.05, 3.63) is 44.9 Å². The van der Waals surface area contributed by atoms with Gasteiger partial charge in [-0.15, -0.1) is 0 Å². The van der Waals surface area contributed by atoms with Crippen LogP contribution >= 0.6 is 12.0 Å². The van der Waals surface area contributed by atoms with E-state index in [2.05, 4.69) is 93.2 Å². The van der Waals surface area contributed by atoms with Crippen LogP contribution in [0.3, 0.4) is 0 Å². The number of hydrogen-bond acceptors (Lipinski definition) is 2. The summed E-state index contributed by atoms with van der Waals surface area (Å²) in [6, 6.07) is 0. The maximum absolute atomic E-state index is 6.20. The molecular weight excluding hydrogens is 443 g/mol. The van der Waals surface area contributed by atoms with Crippen LogP contribution in [0, 0.1) is 10.8 Å². The summed E-state index contributed by atoms with van der Waals surface area (Å²) in [5.74, 6) is 0. The monoisotopic (exact) mass is 477 g/mol. The number of halogens is 2. The van der Waals surface area contributed by atoms with Crippen molar-refractivity contribution in [2.75, 3.05) is 6.61 Å². The van der Waals surface area contributed by atoms with Crippen molar-refractivity contribution in [3.63, 3.8) is 0 Å². The first-order valence-corrected chi connectivity index (χ1v) is 11.4. The molecule has 2 aliphatic rings. The van der Waals surface area contributed by atoms with Crippen LogP contribution in [0.2, 0.25) is 0 Å². The first-order chi connectivity index (χ1) is 12.0. The van der Waals surface area contributed by atoms with E-state index in [1.807, 2.05) is 0 Å². The van der Waals surface area contributed by atoms with Gasteiger partial charge < -0.3 is 24.8 Å². The molecule has 0 N–H and O–H groups in total. The summed E-state index contributed by atoms with van der Waals surface area (Å²) < 4.78 is 7.59. The van der Waals surface area contributed by atoms with Gasteiger partial charge in [-0.1, -0.05) is 0 Å². The van der Waals surface area contributed by atoms with Gasteiger partial charge in [0.1, 0.15) is 0 Å². The summed E-state index contributed by atoms with van der Waals surface area (Å²) in [7, 11) is 0. The zero-order valence-electron chi connectivity index (χ0n) is 18.4. The van der Waals surface area contributed by atoms with Crippen molar-refractivity contribution in [2.45, 2.75) is 78.9 Å². The van der Waals surface area contributed by atoms with Gasteiger partial charge in [0.05, 0.1) is 0 Å². The van der Waals surface area contributed by atoms with Crippen LogP contribution in [-0.2, 0) is 24.6 Å². The first-order valence-electron chi connectivity index (χ1n) is 9.88. The molecule has 0 aromatic carbocycles. The van der Waals surface area contributed by atoms with E-state index in [1.165, 1.54) is 27.0 Å². The minimum atomic E-state index is -0.0994. The molecule has 0 aromatic rings. The zero-order chi connectivity index (χ0) is 19.6. The molecule has 5 heteroatoms. The van der Waals surface area contributed by atoms with Gasteiger partial charge in [0, 0.05) is 0 Å². The average molecular weight is 478 g/mol. The van der Waals surface area contributed by atoms with Crippen molar-refractivity contribution < 1.29 is 49.4 Å². The Morgan fingerprint density at radius 2 is 1.75 bits per heavy atom. The topological polar surface area (TPSA) is 9.23 Å². The summed E-state index contributed by atoms with van der Waals surface area (Å²) in [6.07, 6.45) is 14.0. The SMILES string of the molecule is CCCCOSC1(C2=[C]([Ti+2])CC=C2)CC=C(C(C)(C)C)C=C1C(C)(C)C.[Cl-].[Cl-]. The van der Waals surface area contributed by atoms with Crippen LogP contribution in [-0.4, -0.2) is 11.4 Å². The molecule has 1 unspecified atom stereocenters. The van der Waals surface area contributed by atoms with E-state index < -0.39 is 0 Å². The van der Waals surface area contributed by atoms with Crippen LogP contribution in [0.15, 0.2) is 44.9 Å². The van der Waals surface area contributed by atoms with Gasteiger partial charge in [-0.05, 0) is 0 Å². The molecular formula is C23H35Cl2OSTi. The zero-order valence-corrected chi connectivity index (χ0v) is 22.3. The molecule has 0 saturated heterocycles. The molecule has 0 heterocycles. The van der Waals surface area contributed by atoms with E-state index in [1.54, 1.807) is 12.0 Å². The standard InChI is InChI=1S/C23H35OS.2ClH.Ti/c1-8-9-16-24-25-23(18-12-10-11-13-18)15-14-19(21(2,3)4)17-20(23)22(5,6)7;;;/h10,12,14,17H,8-9,11,15-16H2,1-7H3;2*1H;/q;;;+2/p-2. The number of unbranched alkanes of at least 4 members (excludes halogenated alkanes) is 1. The summed E-state index contributed by atoms with van der Waals surface area (Å²) in [6.45, 7) is 17.0. The van der Waals surface area contributed by atoms with Crippen LogP contribution in [0.5, 0.6) is 0 Å². The largest absolute Gasteiger partial charge is 1.00 e. The van der Waals surface area contributed by atoms with Crippen LogP contribution < -0.4 is 24.8 Å². The molecule has 0 bridgehead atoms. The van der Waals surface area contributed by atoms with Crippen molar-refractivity contribution in [1.82, 2.24) is 0 Å². The van der Waals surface area contributed by atoms with Gasteiger partial charge in [0.25, 0.3) is 0 Å². The van der Waals surface area contributed by atoms with Crippen LogP contribution in [0.4, 0.5) is 0 Å². The van der Waals surface area contributed by atoms with E-state index in [0.717, 1.165) is 25.9 Å². The van der Waals surface area contributed by atoms with Crippen molar-refractivity contribution in [3.8, 4) is 0 Å². The number of allylic oxidation sites excluding steroid dienone is 6. The first kappa shape index (κ1) is 28.6. The fourth-order valence-corrected chi connectivity index (χ4v) is 5.73.